The molecule has 18 heavy (non-hydrogen) atoms. The number of nitrogens with one attached hydrogen (secondary N) is 1. The van der Waals surface area contributed by atoms with Gasteiger partial charge in [-0.1, -0.05) is 0 Å². The first-order chi connectivity index (χ1) is 8.30. The molecule has 1 aliphatic rings. The van der Waals surface area contributed by atoms with Crippen LogP contribution >= 0.6 is 0 Å². The van der Waals surface area contributed by atoms with Crippen LogP contribution < -0.4 is 5.69 Å². The van der Waals surface area contributed by atoms with Crippen LogP contribution in [0.15, 0.2) is 4.79 Å². The summed E-state index contributed by atoms with van der Waals surface area (Å²) in [5.41, 5.74) is -0.481. The molecule has 1 amide bonds. The number of carbonyl (C=O) groups is 1. The predicted molar refractivity (Wildman–Crippen MR) is 63.0 cm³/mol. The highest BCUT2D eigenvalue weighted by Crippen LogP contribution is 2.17. The first-order valence-electron chi connectivity index (χ1n) is 5.41. The third kappa shape index (κ3) is 2.30. The van der Waals surface area contributed by atoms with Gasteiger partial charge in [-0.2, -0.15) is 0 Å². The number of hydrogen-bond acceptors (Lipinski definition) is 5. The third-order valence-corrected chi connectivity index (χ3v) is 4.80. The molecule has 0 spiro atoms. The second kappa shape index (κ2) is 4.23. The van der Waals surface area contributed by atoms with Gasteiger partial charge in [0.15, 0.2) is 9.84 Å². The quantitative estimate of drug-likeness (QED) is 0.697. The Bertz CT molecular complexity index is 629. The molecule has 1 aromatic heterocycles. The summed E-state index contributed by atoms with van der Waals surface area (Å²) >= 11 is 0. The normalized spacial score (nSPS) is 22.0. The molecule has 1 saturated heterocycles. The number of H-pyrrole nitrogens is 1. The molecule has 1 unspecified atom stereocenters. The van der Waals surface area contributed by atoms with Gasteiger partial charge < -0.3 is 4.90 Å². The number of aryl methyl sites for hydroxylation is 1. The third-order valence-electron chi connectivity index (χ3n) is 3.05. The van der Waals surface area contributed by atoms with Crippen LogP contribution in [0.5, 0.6) is 0 Å². The number of amides is 1. The highest BCUT2D eigenvalue weighted by Gasteiger charge is 2.33. The zero-order chi connectivity index (χ0) is 13.5. The summed E-state index contributed by atoms with van der Waals surface area (Å²) in [6, 6.07) is -0.354. The van der Waals surface area contributed by atoms with Crippen molar-refractivity contribution in [2.24, 2.45) is 7.05 Å². The summed E-state index contributed by atoms with van der Waals surface area (Å²) in [5.74, 6) is -0.496. The van der Waals surface area contributed by atoms with Crippen molar-refractivity contribution in [1.82, 2.24) is 19.7 Å². The Hall–Kier alpha value is -1.64. The smallest absolute Gasteiger partial charge is 0.335 e. The van der Waals surface area contributed by atoms with E-state index in [1.165, 1.54) is 19.0 Å². The number of aromatic amines is 1. The van der Waals surface area contributed by atoms with Crippen molar-refractivity contribution in [1.29, 1.82) is 0 Å². The molecule has 8 nitrogen and oxygen atoms in total. The fourth-order valence-electron chi connectivity index (χ4n) is 1.91. The molecule has 2 heterocycles. The average molecular weight is 274 g/mol. The largest absolute Gasteiger partial charge is 0.343 e. The molecule has 1 fully saturated rings. The summed E-state index contributed by atoms with van der Waals surface area (Å²) < 4.78 is 23.7. The summed E-state index contributed by atoms with van der Waals surface area (Å²) in [4.78, 5) is 26.8. The summed E-state index contributed by atoms with van der Waals surface area (Å²) in [6.07, 6.45) is 0.418. The number of hydrogen-bond donors (Lipinski definition) is 1. The molecule has 2 rings (SSSR count). The van der Waals surface area contributed by atoms with Gasteiger partial charge in [0, 0.05) is 20.1 Å². The van der Waals surface area contributed by atoms with Crippen molar-refractivity contribution in [3.8, 4) is 0 Å². The Balaban J connectivity index is 2.17. The summed E-state index contributed by atoms with van der Waals surface area (Å²) in [7, 11) is -0.110. The first-order valence-corrected chi connectivity index (χ1v) is 7.23. The number of rotatable bonds is 2. The van der Waals surface area contributed by atoms with Gasteiger partial charge >= 0.3 is 5.69 Å². The minimum atomic E-state index is -3.05. The van der Waals surface area contributed by atoms with Crippen molar-refractivity contribution in [2.45, 2.75) is 12.5 Å². The molecule has 1 atom stereocenters. The van der Waals surface area contributed by atoms with Gasteiger partial charge in [-0.05, 0) is 6.42 Å². The number of sulfone groups is 1. The van der Waals surface area contributed by atoms with E-state index < -0.39 is 21.4 Å². The second-order valence-corrected chi connectivity index (χ2v) is 6.60. The van der Waals surface area contributed by atoms with E-state index in [0.29, 0.717) is 6.42 Å². The Morgan fingerprint density at radius 2 is 2.22 bits per heavy atom. The van der Waals surface area contributed by atoms with Crippen LogP contribution in [0.3, 0.4) is 0 Å². The zero-order valence-electron chi connectivity index (χ0n) is 10.1. The minimum absolute atomic E-state index is 0.0354. The van der Waals surface area contributed by atoms with Gasteiger partial charge in [0.25, 0.3) is 5.91 Å². The molecule has 1 aliphatic heterocycles. The van der Waals surface area contributed by atoms with E-state index in [2.05, 4.69) is 10.1 Å². The van der Waals surface area contributed by atoms with E-state index in [1.807, 2.05) is 0 Å². The second-order valence-electron chi connectivity index (χ2n) is 4.38. The zero-order valence-corrected chi connectivity index (χ0v) is 10.9. The molecular weight excluding hydrogens is 260 g/mol. The van der Waals surface area contributed by atoms with Gasteiger partial charge in [-0.3, -0.25) is 9.78 Å². The van der Waals surface area contributed by atoms with Gasteiger partial charge in [-0.25, -0.2) is 17.9 Å². The molecule has 0 aliphatic carbocycles. The predicted octanol–water partition coefficient (Wildman–Crippen LogP) is -1.63. The summed E-state index contributed by atoms with van der Waals surface area (Å²) in [6.45, 7) is 0. The molecule has 1 aromatic rings. The van der Waals surface area contributed by atoms with Crippen LogP contribution in [0, 0.1) is 0 Å². The maximum atomic E-state index is 12.0. The first kappa shape index (κ1) is 12.8. The number of aromatic nitrogens is 3. The minimum Gasteiger partial charge on any atom is -0.335 e. The molecule has 9 heteroatoms. The van der Waals surface area contributed by atoms with E-state index in [-0.39, 0.29) is 23.4 Å². The Morgan fingerprint density at radius 3 is 2.67 bits per heavy atom. The van der Waals surface area contributed by atoms with Crippen LogP contribution in [0.4, 0.5) is 0 Å². The lowest BCUT2D eigenvalue weighted by molar-refractivity contribution is 0.0735. The lowest BCUT2D eigenvalue weighted by Crippen LogP contribution is -2.38. The van der Waals surface area contributed by atoms with Crippen molar-refractivity contribution < 1.29 is 13.2 Å². The van der Waals surface area contributed by atoms with Crippen molar-refractivity contribution in [2.75, 3.05) is 18.6 Å². The fraction of sp³-hybridized carbons (Fsp3) is 0.667. The standard InChI is InChI=1S/C9H14N4O4S/c1-12(6-3-4-18(16,17)5-6)8(14)7-10-9(15)13(2)11-7/h6H,3-5H2,1-2H3,(H,10,11,15). The molecule has 1 N–H and O–H groups in total. The maximum absolute atomic E-state index is 12.0. The summed E-state index contributed by atoms with van der Waals surface area (Å²) in [5, 5.41) is 3.75. The lowest BCUT2D eigenvalue weighted by Gasteiger charge is -2.21. The number of carbonyl (C=O) groups excluding carboxylic acids is 1. The molecule has 100 valence electrons. The van der Waals surface area contributed by atoms with Gasteiger partial charge in [0.2, 0.25) is 5.82 Å². The van der Waals surface area contributed by atoms with Gasteiger partial charge in [0.05, 0.1) is 11.5 Å². The van der Waals surface area contributed by atoms with E-state index in [0.717, 1.165) is 4.68 Å². The van der Waals surface area contributed by atoms with Crippen molar-refractivity contribution >= 4 is 15.7 Å². The Labute approximate surface area is 104 Å². The van der Waals surface area contributed by atoms with Crippen molar-refractivity contribution in [3.63, 3.8) is 0 Å². The molecule has 0 saturated carbocycles. The topological polar surface area (TPSA) is 105 Å². The number of nitrogens with zero attached hydrogens (tertiary/aromatic N) is 3. The highest BCUT2D eigenvalue weighted by molar-refractivity contribution is 7.91. The van der Waals surface area contributed by atoms with Crippen LogP contribution in [0.25, 0.3) is 0 Å². The van der Waals surface area contributed by atoms with Crippen LogP contribution in [-0.4, -0.2) is 58.6 Å². The molecule has 0 radical (unpaired) electrons. The van der Waals surface area contributed by atoms with Gasteiger partial charge in [-0.15, -0.1) is 5.10 Å². The fourth-order valence-corrected chi connectivity index (χ4v) is 3.69. The SMILES string of the molecule is CN(C(=O)c1nn(C)c(=O)[nH]1)C1CCS(=O)(=O)C1. The van der Waals surface area contributed by atoms with Gasteiger partial charge in [0.1, 0.15) is 0 Å². The van der Waals surface area contributed by atoms with Crippen LogP contribution in [0.1, 0.15) is 17.0 Å². The Morgan fingerprint density at radius 1 is 1.56 bits per heavy atom. The van der Waals surface area contributed by atoms with Crippen LogP contribution in [0.2, 0.25) is 0 Å². The molecule has 0 bridgehead atoms. The monoisotopic (exact) mass is 274 g/mol. The van der Waals surface area contributed by atoms with Crippen LogP contribution in [-0.2, 0) is 16.9 Å². The lowest BCUT2D eigenvalue weighted by atomic mass is 10.2. The molecular formula is C9H14N4O4S. The van der Waals surface area contributed by atoms with E-state index in [1.54, 1.807) is 0 Å². The molecule has 0 aromatic carbocycles. The van der Waals surface area contributed by atoms with E-state index in [9.17, 15) is 18.0 Å². The maximum Gasteiger partial charge on any atom is 0.343 e. The average Bonchev–Trinajstić information content (AvgIpc) is 2.81. The van der Waals surface area contributed by atoms with E-state index >= 15 is 0 Å². The van der Waals surface area contributed by atoms with Crippen molar-refractivity contribution in [3.05, 3.63) is 16.3 Å². The highest BCUT2D eigenvalue weighted by atomic mass is 32.2. The van der Waals surface area contributed by atoms with E-state index in [4.69, 9.17) is 0 Å². The Kier molecular flexibility index (Phi) is 3.01.